The number of fused-ring (bicyclic) bond motifs is 1. The molecule has 1 aromatic heterocycles. The smallest absolute Gasteiger partial charge is 0.148 e. The van der Waals surface area contributed by atoms with Crippen molar-refractivity contribution < 1.29 is 8.81 Å². The van der Waals surface area contributed by atoms with Gasteiger partial charge in [-0.05, 0) is 65.3 Å². The van der Waals surface area contributed by atoms with E-state index in [4.69, 9.17) is 4.42 Å². The van der Waals surface area contributed by atoms with Gasteiger partial charge in [0.1, 0.15) is 17.2 Å². The SMILES string of the molecule is CNC(c1cc2cccc(Br)c2o1)c1cc(F)ccc1C. The standard InChI is InChI=1S/C17H15BrFNO/c1-10-6-7-12(19)9-13(10)16(20-2)15-8-11-4-3-5-14(18)17(11)21-15/h3-9,16,20H,1-2H3. The summed E-state index contributed by atoms with van der Waals surface area (Å²) in [6, 6.07) is 12.5. The normalized spacial score (nSPS) is 12.8. The second kappa shape index (κ2) is 5.62. The average molecular weight is 348 g/mol. The van der Waals surface area contributed by atoms with Crippen molar-refractivity contribution in [2.45, 2.75) is 13.0 Å². The summed E-state index contributed by atoms with van der Waals surface area (Å²) in [4.78, 5) is 0. The molecule has 1 atom stereocenters. The molecule has 2 aromatic carbocycles. The lowest BCUT2D eigenvalue weighted by Gasteiger charge is -2.16. The first-order valence-electron chi connectivity index (χ1n) is 6.71. The highest BCUT2D eigenvalue weighted by Crippen LogP contribution is 2.33. The van der Waals surface area contributed by atoms with Crippen molar-refractivity contribution in [3.63, 3.8) is 0 Å². The van der Waals surface area contributed by atoms with E-state index in [0.29, 0.717) is 0 Å². The molecular weight excluding hydrogens is 333 g/mol. The summed E-state index contributed by atoms with van der Waals surface area (Å²) in [7, 11) is 1.84. The molecule has 3 rings (SSSR count). The number of benzene rings is 2. The monoisotopic (exact) mass is 347 g/mol. The van der Waals surface area contributed by atoms with Gasteiger partial charge < -0.3 is 9.73 Å². The number of rotatable bonds is 3. The van der Waals surface area contributed by atoms with Crippen molar-refractivity contribution in [1.29, 1.82) is 0 Å². The third kappa shape index (κ3) is 2.61. The van der Waals surface area contributed by atoms with Crippen LogP contribution in [0.15, 0.2) is 51.4 Å². The number of aryl methyl sites for hydroxylation is 1. The van der Waals surface area contributed by atoms with Gasteiger partial charge in [0.15, 0.2) is 0 Å². The molecule has 2 nitrogen and oxygen atoms in total. The Morgan fingerprint density at radius 3 is 2.71 bits per heavy atom. The Morgan fingerprint density at radius 1 is 1.19 bits per heavy atom. The van der Waals surface area contributed by atoms with Gasteiger partial charge >= 0.3 is 0 Å². The maximum Gasteiger partial charge on any atom is 0.148 e. The maximum atomic E-state index is 13.6. The third-order valence-corrected chi connectivity index (χ3v) is 4.27. The lowest BCUT2D eigenvalue weighted by Crippen LogP contribution is -2.18. The largest absolute Gasteiger partial charge is 0.458 e. The van der Waals surface area contributed by atoms with Crippen molar-refractivity contribution in [3.8, 4) is 0 Å². The van der Waals surface area contributed by atoms with Crippen molar-refractivity contribution >= 4 is 26.9 Å². The van der Waals surface area contributed by atoms with Crippen LogP contribution in [0.4, 0.5) is 4.39 Å². The fourth-order valence-corrected chi connectivity index (χ4v) is 3.03. The van der Waals surface area contributed by atoms with Gasteiger partial charge in [-0.2, -0.15) is 0 Å². The van der Waals surface area contributed by atoms with E-state index in [-0.39, 0.29) is 11.9 Å². The highest BCUT2D eigenvalue weighted by molar-refractivity contribution is 9.10. The van der Waals surface area contributed by atoms with Gasteiger partial charge in [0, 0.05) is 5.39 Å². The Balaban J connectivity index is 2.13. The van der Waals surface area contributed by atoms with Crippen LogP contribution in [-0.2, 0) is 0 Å². The van der Waals surface area contributed by atoms with E-state index in [1.165, 1.54) is 6.07 Å². The number of hydrogen-bond donors (Lipinski definition) is 1. The summed E-state index contributed by atoms with van der Waals surface area (Å²) in [5.41, 5.74) is 2.71. The van der Waals surface area contributed by atoms with Crippen LogP contribution in [-0.4, -0.2) is 7.05 Å². The minimum absolute atomic E-state index is 0.181. The molecule has 0 bridgehead atoms. The van der Waals surface area contributed by atoms with Crippen LogP contribution in [0.3, 0.4) is 0 Å². The molecule has 21 heavy (non-hydrogen) atoms. The lowest BCUT2D eigenvalue weighted by molar-refractivity contribution is 0.488. The second-order valence-electron chi connectivity index (χ2n) is 5.03. The van der Waals surface area contributed by atoms with Crippen LogP contribution >= 0.6 is 15.9 Å². The molecule has 3 aromatic rings. The van der Waals surface area contributed by atoms with Gasteiger partial charge in [-0.25, -0.2) is 4.39 Å². The predicted octanol–water partition coefficient (Wildman–Crippen LogP) is 4.95. The Morgan fingerprint density at radius 2 is 2.00 bits per heavy atom. The molecule has 0 radical (unpaired) electrons. The van der Waals surface area contributed by atoms with Crippen molar-refractivity contribution in [2.24, 2.45) is 0 Å². The first-order valence-corrected chi connectivity index (χ1v) is 7.50. The average Bonchev–Trinajstić information content (AvgIpc) is 2.89. The summed E-state index contributed by atoms with van der Waals surface area (Å²) >= 11 is 3.49. The number of hydrogen-bond acceptors (Lipinski definition) is 2. The third-order valence-electron chi connectivity index (χ3n) is 3.64. The van der Waals surface area contributed by atoms with Crippen LogP contribution in [0.5, 0.6) is 0 Å². The Hall–Kier alpha value is -1.65. The molecule has 0 saturated heterocycles. The Bertz CT molecular complexity index is 797. The maximum absolute atomic E-state index is 13.6. The van der Waals surface area contributed by atoms with E-state index in [2.05, 4.69) is 21.2 Å². The van der Waals surface area contributed by atoms with Crippen LogP contribution in [0.1, 0.15) is 22.9 Å². The number of halogens is 2. The highest BCUT2D eigenvalue weighted by Gasteiger charge is 2.19. The van der Waals surface area contributed by atoms with Crippen molar-refractivity contribution in [2.75, 3.05) is 7.05 Å². The summed E-state index contributed by atoms with van der Waals surface area (Å²) in [5, 5.41) is 4.23. The van der Waals surface area contributed by atoms with Crippen LogP contribution in [0.2, 0.25) is 0 Å². The van der Waals surface area contributed by atoms with E-state index < -0.39 is 0 Å². The molecule has 1 N–H and O–H groups in total. The van der Waals surface area contributed by atoms with E-state index in [9.17, 15) is 4.39 Å². The van der Waals surface area contributed by atoms with Crippen molar-refractivity contribution in [3.05, 3.63) is 69.6 Å². The molecule has 0 aliphatic rings. The number of nitrogens with one attached hydrogen (secondary N) is 1. The molecule has 0 fully saturated rings. The van der Waals surface area contributed by atoms with Crippen LogP contribution < -0.4 is 5.32 Å². The fourth-order valence-electron chi connectivity index (χ4n) is 2.56. The molecule has 1 unspecified atom stereocenters. The second-order valence-corrected chi connectivity index (χ2v) is 5.88. The molecule has 0 amide bonds. The Labute approximate surface area is 131 Å². The predicted molar refractivity (Wildman–Crippen MR) is 86.0 cm³/mol. The number of furan rings is 1. The molecule has 0 aliphatic carbocycles. The Kier molecular flexibility index (Phi) is 3.83. The topological polar surface area (TPSA) is 25.2 Å². The minimum Gasteiger partial charge on any atom is -0.458 e. The minimum atomic E-state index is -0.242. The van der Waals surface area contributed by atoms with E-state index in [1.807, 2.05) is 38.2 Å². The van der Waals surface area contributed by atoms with Gasteiger partial charge in [-0.1, -0.05) is 18.2 Å². The summed E-state index contributed by atoms with van der Waals surface area (Å²) in [5.74, 6) is 0.529. The van der Waals surface area contributed by atoms with E-state index >= 15 is 0 Å². The van der Waals surface area contributed by atoms with Gasteiger partial charge in [0.2, 0.25) is 0 Å². The lowest BCUT2D eigenvalue weighted by atomic mass is 9.99. The van der Waals surface area contributed by atoms with E-state index in [1.54, 1.807) is 12.1 Å². The summed E-state index contributed by atoms with van der Waals surface area (Å²) in [6.45, 7) is 1.97. The van der Waals surface area contributed by atoms with Gasteiger partial charge in [0.25, 0.3) is 0 Å². The van der Waals surface area contributed by atoms with E-state index in [0.717, 1.165) is 32.3 Å². The molecule has 4 heteroatoms. The zero-order valence-electron chi connectivity index (χ0n) is 11.8. The summed E-state index contributed by atoms with van der Waals surface area (Å²) < 4.78 is 20.4. The van der Waals surface area contributed by atoms with Crippen molar-refractivity contribution in [1.82, 2.24) is 5.32 Å². The fraction of sp³-hybridized carbons (Fsp3) is 0.176. The first kappa shape index (κ1) is 14.3. The quantitative estimate of drug-likeness (QED) is 0.724. The molecule has 0 saturated carbocycles. The molecule has 0 aliphatic heterocycles. The molecule has 0 spiro atoms. The van der Waals surface area contributed by atoms with Gasteiger partial charge in [0.05, 0.1) is 10.5 Å². The zero-order valence-corrected chi connectivity index (χ0v) is 13.4. The van der Waals surface area contributed by atoms with Crippen LogP contribution in [0, 0.1) is 12.7 Å². The van der Waals surface area contributed by atoms with Gasteiger partial charge in [-0.3, -0.25) is 0 Å². The molecule has 108 valence electrons. The molecular formula is C17H15BrFNO. The highest BCUT2D eigenvalue weighted by atomic mass is 79.9. The molecule has 1 heterocycles. The number of para-hydroxylation sites is 1. The summed E-state index contributed by atoms with van der Waals surface area (Å²) in [6.07, 6.45) is 0. The van der Waals surface area contributed by atoms with Gasteiger partial charge in [-0.15, -0.1) is 0 Å². The zero-order chi connectivity index (χ0) is 15.0. The van der Waals surface area contributed by atoms with Crippen LogP contribution in [0.25, 0.3) is 11.0 Å². The first-order chi connectivity index (χ1) is 10.1.